The lowest BCUT2D eigenvalue weighted by atomic mass is 10.2. The first-order valence-electron chi connectivity index (χ1n) is 7.30. The van der Waals surface area contributed by atoms with Gasteiger partial charge in [0.15, 0.2) is 23.1 Å². The molecule has 0 bridgehead atoms. The highest BCUT2D eigenvalue weighted by Crippen LogP contribution is 2.36. The molecule has 1 heterocycles. The fraction of sp³-hybridized carbons (Fsp3) is 0.250. The summed E-state index contributed by atoms with van der Waals surface area (Å²) >= 11 is 0. The molecule has 0 spiro atoms. The average Bonchev–Trinajstić information content (AvgIpc) is 2.57. The molecule has 0 aromatic heterocycles. The smallest absolute Gasteiger partial charge is 0.308 e. The molecule has 132 valence electrons. The molecule has 0 unspecified atom stereocenters. The third kappa shape index (κ3) is 3.59. The number of hydrogen-bond acceptors (Lipinski definition) is 5. The Bertz CT molecular complexity index is 828. The first kappa shape index (κ1) is 16.9. The summed E-state index contributed by atoms with van der Waals surface area (Å²) in [6.07, 6.45) is 0.328. The molecule has 25 heavy (non-hydrogen) atoms. The molecule has 0 saturated carbocycles. The average molecular weight is 355 g/mol. The standard InChI is InChI=1S/C16H12F3NO5/c17-10-4-9-8-25-15-7-13(20(21)22)11(18)6-14(15)23-2-1-3-24-16(9)12(19)5-10/h4-7H,1-3,8H2. The summed E-state index contributed by atoms with van der Waals surface area (Å²) in [5, 5.41) is 10.9. The van der Waals surface area contributed by atoms with Gasteiger partial charge in [-0.1, -0.05) is 0 Å². The van der Waals surface area contributed by atoms with Gasteiger partial charge in [-0.15, -0.1) is 0 Å². The summed E-state index contributed by atoms with van der Waals surface area (Å²) in [7, 11) is 0. The van der Waals surface area contributed by atoms with Crippen LogP contribution in [-0.4, -0.2) is 18.1 Å². The van der Waals surface area contributed by atoms with Gasteiger partial charge in [0.1, 0.15) is 12.4 Å². The lowest BCUT2D eigenvalue weighted by molar-refractivity contribution is -0.387. The van der Waals surface area contributed by atoms with Crippen molar-refractivity contribution >= 4 is 5.69 Å². The van der Waals surface area contributed by atoms with E-state index in [0.29, 0.717) is 12.5 Å². The number of halogens is 3. The molecule has 0 N–H and O–H groups in total. The van der Waals surface area contributed by atoms with Crippen LogP contribution in [0, 0.1) is 27.6 Å². The summed E-state index contributed by atoms with van der Waals surface area (Å²) in [5.41, 5.74) is -0.712. The normalized spacial score (nSPS) is 14.0. The highest BCUT2D eigenvalue weighted by Gasteiger charge is 2.22. The second-order valence-electron chi connectivity index (χ2n) is 5.22. The fourth-order valence-electron chi connectivity index (χ4n) is 2.34. The Morgan fingerprint density at radius 3 is 2.40 bits per heavy atom. The van der Waals surface area contributed by atoms with Crippen LogP contribution in [0.3, 0.4) is 0 Å². The molecule has 2 aromatic rings. The highest BCUT2D eigenvalue weighted by atomic mass is 19.1. The molecule has 0 amide bonds. The Kier molecular flexibility index (Phi) is 4.64. The second-order valence-corrected chi connectivity index (χ2v) is 5.22. The van der Waals surface area contributed by atoms with E-state index in [1.54, 1.807) is 0 Å². The summed E-state index contributed by atoms with van der Waals surface area (Å²) in [6.45, 7) is -0.171. The minimum absolute atomic E-state index is 0.0385. The van der Waals surface area contributed by atoms with E-state index in [9.17, 15) is 23.3 Å². The summed E-state index contributed by atoms with van der Waals surface area (Å²) in [6, 6.07) is 3.44. The topological polar surface area (TPSA) is 70.8 Å². The predicted molar refractivity (Wildman–Crippen MR) is 79.4 cm³/mol. The number of ether oxygens (including phenoxy) is 3. The van der Waals surface area contributed by atoms with Crippen LogP contribution in [0.15, 0.2) is 24.3 Å². The number of rotatable bonds is 1. The summed E-state index contributed by atoms with van der Waals surface area (Å²) < 4.78 is 57.2. The van der Waals surface area contributed by atoms with Crippen molar-refractivity contribution in [1.82, 2.24) is 0 Å². The van der Waals surface area contributed by atoms with E-state index in [0.717, 1.165) is 18.2 Å². The predicted octanol–water partition coefficient (Wildman–Crippen LogP) is 3.75. The molecule has 3 rings (SSSR count). The van der Waals surface area contributed by atoms with Gasteiger partial charge in [0.25, 0.3) is 0 Å². The van der Waals surface area contributed by atoms with E-state index < -0.39 is 28.1 Å². The van der Waals surface area contributed by atoms with Crippen molar-refractivity contribution in [2.45, 2.75) is 13.0 Å². The maximum Gasteiger partial charge on any atom is 0.308 e. The SMILES string of the molecule is O=[N+]([O-])c1cc2c(cc1F)OCCCOc1c(F)cc(F)cc1CO2. The summed E-state index contributed by atoms with van der Waals surface area (Å²) in [5.74, 6) is -3.09. The van der Waals surface area contributed by atoms with Gasteiger partial charge in [-0.05, 0) is 6.07 Å². The lowest BCUT2D eigenvalue weighted by Gasteiger charge is -2.13. The van der Waals surface area contributed by atoms with Crippen molar-refractivity contribution < 1.29 is 32.3 Å². The Balaban J connectivity index is 2.01. The molecule has 0 aliphatic carbocycles. The van der Waals surface area contributed by atoms with Crippen molar-refractivity contribution in [2.75, 3.05) is 13.2 Å². The van der Waals surface area contributed by atoms with E-state index in [2.05, 4.69) is 0 Å². The zero-order chi connectivity index (χ0) is 18.0. The van der Waals surface area contributed by atoms with Gasteiger partial charge in [0.05, 0.1) is 24.2 Å². The first-order chi connectivity index (χ1) is 12.0. The monoisotopic (exact) mass is 355 g/mol. The van der Waals surface area contributed by atoms with Gasteiger partial charge in [-0.25, -0.2) is 8.78 Å². The second kappa shape index (κ2) is 6.88. The number of hydrogen-bond donors (Lipinski definition) is 0. The Hall–Kier alpha value is -2.97. The largest absolute Gasteiger partial charge is 0.490 e. The van der Waals surface area contributed by atoms with E-state index in [1.807, 2.05) is 0 Å². The van der Waals surface area contributed by atoms with E-state index in [-0.39, 0.29) is 42.6 Å². The third-order valence-corrected chi connectivity index (χ3v) is 3.47. The number of nitro groups is 1. The molecule has 6 nitrogen and oxygen atoms in total. The number of nitrogens with zero attached hydrogens (tertiary/aromatic N) is 1. The molecular formula is C16H12F3NO5. The van der Waals surface area contributed by atoms with Gasteiger partial charge in [-0.2, -0.15) is 4.39 Å². The molecule has 1 aliphatic heterocycles. The van der Waals surface area contributed by atoms with Crippen LogP contribution in [0.2, 0.25) is 0 Å². The number of benzene rings is 2. The van der Waals surface area contributed by atoms with Crippen LogP contribution in [0.25, 0.3) is 0 Å². The quantitative estimate of drug-likeness (QED) is 0.575. The van der Waals surface area contributed by atoms with Crippen LogP contribution < -0.4 is 14.2 Å². The van der Waals surface area contributed by atoms with Crippen molar-refractivity contribution in [3.63, 3.8) is 0 Å². The number of nitro benzene ring substituents is 1. The molecule has 1 aliphatic rings. The van der Waals surface area contributed by atoms with E-state index in [4.69, 9.17) is 14.2 Å². The number of fused-ring (bicyclic) bond motifs is 2. The first-order valence-corrected chi connectivity index (χ1v) is 7.30. The lowest BCUT2D eigenvalue weighted by Crippen LogP contribution is -2.07. The molecule has 0 radical (unpaired) electrons. The fourth-order valence-corrected chi connectivity index (χ4v) is 2.34. The Morgan fingerprint density at radius 2 is 1.64 bits per heavy atom. The highest BCUT2D eigenvalue weighted by molar-refractivity contribution is 5.50. The molecule has 0 fully saturated rings. The molecule has 0 saturated heterocycles. The van der Waals surface area contributed by atoms with E-state index >= 15 is 0 Å². The van der Waals surface area contributed by atoms with Gasteiger partial charge >= 0.3 is 5.69 Å². The van der Waals surface area contributed by atoms with Crippen molar-refractivity contribution in [3.8, 4) is 17.2 Å². The van der Waals surface area contributed by atoms with Crippen LogP contribution in [-0.2, 0) is 6.61 Å². The van der Waals surface area contributed by atoms with Crippen molar-refractivity contribution in [2.24, 2.45) is 0 Å². The van der Waals surface area contributed by atoms with Gasteiger partial charge in [0.2, 0.25) is 5.82 Å². The molecule has 0 atom stereocenters. The third-order valence-electron chi connectivity index (χ3n) is 3.47. The summed E-state index contributed by atoms with van der Waals surface area (Å²) in [4.78, 5) is 9.97. The van der Waals surface area contributed by atoms with Crippen LogP contribution in [0.4, 0.5) is 18.9 Å². The zero-order valence-electron chi connectivity index (χ0n) is 12.8. The minimum atomic E-state index is -1.07. The Morgan fingerprint density at radius 1 is 0.920 bits per heavy atom. The van der Waals surface area contributed by atoms with Crippen LogP contribution in [0.1, 0.15) is 12.0 Å². The van der Waals surface area contributed by atoms with Crippen molar-refractivity contribution in [1.29, 1.82) is 0 Å². The van der Waals surface area contributed by atoms with Crippen LogP contribution >= 0.6 is 0 Å². The minimum Gasteiger partial charge on any atom is -0.490 e. The molecule has 9 heteroatoms. The maximum absolute atomic E-state index is 13.9. The van der Waals surface area contributed by atoms with Crippen LogP contribution in [0.5, 0.6) is 17.2 Å². The maximum atomic E-state index is 13.9. The van der Waals surface area contributed by atoms with Crippen molar-refractivity contribution in [3.05, 3.63) is 57.4 Å². The van der Waals surface area contributed by atoms with Gasteiger partial charge in [-0.3, -0.25) is 10.1 Å². The van der Waals surface area contributed by atoms with E-state index in [1.165, 1.54) is 0 Å². The zero-order valence-corrected chi connectivity index (χ0v) is 12.8. The molecular weight excluding hydrogens is 343 g/mol. The van der Waals surface area contributed by atoms with Gasteiger partial charge < -0.3 is 14.2 Å². The Labute approximate surface area is 139 Å². The van der Waals surface area contributed by atoms with Gasteiger partial charge in [0, 0.05) is 24.1 Å². The molecule has 2 aromatic carbocycles.